The number of benzene rings is 1. The lowest BCUT2D eigenvalue weighted by Gasteiger charge is -2.19. The number of halogens is 1. The predicted molar refractivity (Wildman–Crippen MR) is 95.9 cm³/mol. The van der Waals surface area contributed by atoms with E-state index in [4.69, 9.17) is 21.6 Å². The quantitative estimate of drug-likeness (QED) is 0.894. The monoisotopic (exact) mass is 370 g/mol. The molecule has 7 nitrogen and oxygen atoms in total. The molecule has 1 aromatic heterocycles. The number of hydrogen-bond acceptors (Lipinski definition) is 5. The number of hydrogen-bond donors (Lipinski definition) is 1. The van der Waals surface area contributed by atoms with Crippen LogP contribution in [-0.4, -0.2) is 29.6 Å². The predicted octanol–water partition coefficient (Wildman–Crippen LogP) is 3.33. The molecule has 0 radical (unpaired) electrons. The van der Waals surface area contributed by atoms with E-state index < -0.39 is 6.09 Å². The minimum atomic E-state index is -0.410. The van der Waals surface area contributed by atoms with Gasteiger partial charge in [-0.2, -0.15) is 5.26 Å². The van der Waals surface area contributed by atoms with Gasteiger partial charge in [0.25, 0.3) is 0 Å². The van der Waals surface area contributed by atoms with Crippen molar-refractivity contribution in [2.24, 2.45) is 11.8 Å². The number of carbonyl (C=O) groups excluding carboxylic acids is 2. The van der Waals surface area contributed by atoms with Crippen molar-refractivity contribution in [2.45, 2.75) is 19.4 Å². The maximum Gasteiger partial charge on any atom is 0.414 e. The molecule has 1 saturated carbocycles. The zero-order chi connectivity index (χ0) is 18.4. The molecule has 4 rings (SSSR count). The first-order valence-electron chi connectivity index (χ1n) is 8.23. The second kappa shape index (κ2) is 6.15. The first-order valence-corrected chi connectivity index (χ1v) is 8.61. The van der Waals surface area contributed by atoms with Crippen LogP contribution in [0.2, 0.25) is 5.02 Å². The average Bonchev–Trinajstić information content (AvgIpc) is 3.33. The molecule has 2 aliphatic rings. The molecule has 3 atom stereocenters. The summed E-state index contributed by atoms with van der Waals surface area (Å²) in [7, 11) is 0. The molecule has 0 bridgehead atoms. The first kappa shape index (κ1) is 16.6. The molecule has 1 N–H and O–H groups in total. The lowest BCUT2D eigenvalue weighted by atomic mass is 10.1. The Morgan fingerprint density at radius 3 is 2.92 bits per heavy atom. The Kier molecular flexibility index (Phi) is 3.93. The number of aromatic nitrogens is 1. The number of nitrogens with one attached hydrogen (secondary N) is 1. The fourth-order valence-electron chi connectivity index (χ4n) is 3.13. The van der Waals surface area contributed by atoms with Crippen molar-refractivity contribution in [3.05, 3.63) is 29.4 Å². The number of nitriles is 1. The van der Waals surface area contributed by atoms with E-state index in [2.05, 4.69) is 16.4 Å². The largest absolute Gasteiger partial charge is 0.447 e. The van der Waals surface area contributed by atoms with Crippen molar-refractivity contribution in [2.75, 3.05) is 16.8 Å². The zero-order valence-electron chi connectivity index (χ0n) is 13.9. The van der Waals surface area contributed by atoms with E-state index in [-0.39, 0.29) is 23.8 Å². The lowest BCUT2D eigenvalue weighted by molar-refractivity contribution is -0.117. The maximum atomic E-state index is 12.1. The standard InChI is InChI=1S/C18H15ClN4O3/c1-9-8-26-18(25)23(9)12-2-10-4-16(21-7-14(10)15(19)5-12)22-17(24)13-3-11(13)6-20/h2,4-5,7,9,11,13H,3,8H2,1H3,(H,21,22,24). The number of nitrogens with zero attached hydrogens (tertiary/aromatic N) is 3. The van der Waals surface area contributed by atoms with Crippen LogP contribution in [0.5, 0.6) is 0 Å². The molecule has 2 amide bonds. The third-order valence-electron chi connectivity index (χ3n) is 4.68. The molecule has 132 valence electrons. The number of carbonyl (C=O) groups is 2. The Labute approximate surface area is 154 Å². The highest BCUT2D eigenvalue weighted by Gasteiger charge is 2.43. The van der Waals surface area contributed by atoms with Crippen LogP contribution in [0, 0.1) is 23.2 Å². The van der Waals surface area contributed by atoms with Crippen molar-refractivity contribution in [1.29, 1.82) is 5.26 Å². The molecular formula is C18H15ClN4O3. The highest BCUT2D eigenvalue weighted by molar-refractivity contribution is 6.36. The van der Waals surface area contributed by atoms with E-state index in [0.29, 0.717) is 29.6 Å². The molecular weight excluding hydrogens is 356 g/mol. The summed E-state index contributed by atoms with van der Waals surface area (Å²) in [6.07, 6.45) is 1.75. The summed E-state index contributed by atoms with van der Waals surface area (Å²) < 4.78 is 5.06. The number of cyclic esters (lactones) is 1. The minimum absolute atomic E-state index is 0.0881. The second-order valence-corrected chi connectivity index (χ2v) is 6.99. The lowest BCUT2D eigenvalue weighted by Crippen LogP contribution is -2.30. The van der Waals surface area contributed by atoms with Gasteiger partial charge in [0.05, 0.1) is 29.0 Å². The van der Waals surface area contributed by atoms with Gasteiger partial charge in [-0.05, 0) is 36.9 Å². The first-order chi connectivity index (χ1) is 12.5. The zero-order valence-corrected chi connectivity index (χ0v) is 14.7. The number of pyridine rings is 1. The Morgan fingerprint density at radius 1 is 1.46 bits per heavy atom. The van der Waals surface area contributed by atoms with Crippen LogP contribution in [0.3, 0.4) is 0 Å². The van der Waals surface area contributed by atoms with Crippen LogP contribution in [0.1, 0.15) is 13.3 Å². The number of ether oxygens (including phenoxy) is 1. The topological polar surface area (TPSA) is 95.3 Å². The highest BCUT2D eigenvalue weighted by atomic mass is 35.5. The summed E-state index contributed by atoms with van der Waals surface area (Å²) in [5, 5.41) is 13.5. The molecule has 8 heteroatoms. The van der Waals surface area contributed by atoms with Gasteiger partial charge in [0, 0.05) is 17.3 Å². The molecule has 2 heterocycles. The third kappa shape index (κ3) is 2.82. The van der Waals surface area contributed by atoms with Gasteiger partial charge in [-0.15, -0.1) is 0 Å². The summed E-state index contributed by atoms with van der Waals surface area (Å²) >= 11 is 6.35. The molecule has 1 aliphatic carbocycles. The molecule has 26 heavy (non-hydrogen) atoms. The van der Waals surface area contributed by atoms with E-state index in [9.17, 15) is 9.59 Å². The van der Waals surface area contributed by atoms with Gasteiger partial charge in [-0.1, -0.05) is 11.6 Å². The Hall–Kier alpha value is -2.85. The van der Waals surface area contributed by atoms with Crippen molar-refractivity contribution in [3.63, 3.8) is 0 Å². The molecule has 1 aliphatic heterocycles. The third-order valence-corrected chi connectivity index (χ3v) is 4.99. The van der Waals surface area contributed by atoms with Crippen molar-refractivity contribution < 1.29 is 14.3 Å². The number of anilines is 2. The molecule has 1 aromatic carbocycles. The van der Waals surface area contributed by atoms with Gasteiger partial charge >= 0.3 is 6.09 Å². The van der Waals surface area contributed by atoms with Crippen LogP contribution in [0.15, 0.2) is 24.4 Å². The number of rotatable bonds is 3. The molecule has 2 fully saturated rings. The van der Waals surface area contributed by atoms with E-state index >= 15 is 0 Å². The second-order valence-electron chi connectivity index (χ2n) is 6.58. The van der Waals surface area contributed by atoms with Crippen molar-refractivity contribution in [3.8, 4) is 6.07 Å². The summed E-state index contributed by atoms with van der Waals surface area (Å²) in [5.41, 5.74) is 0.632. The Morgan fingerprint density at radius 2 is 2.27 bits per heavy atom. The summed E-state index contributed by atoms with van der Waals surface area (Å²) in [4.78, 5) is 29.8. The number of fused-ring (bicyclic) bond motifs is 1. The Bertz CT molecular complexity index is 971. The van der Waals surface area contributed by atoms with Gasteiger partial charge in [0.2, 0.25) is 5.91 Å². The summed E-state index contributed by atoms with van der Waals surface area (Å²) in [6.45, 7) is 2.22. The van der Waals surface area contributed by atoms with Crippen LogP contribution >= 0.6 is 11.6 Å². The van der Waals surface area contributed by atoms with E-state index in [1.54, 1.807) is 23.2 Å². The number of amides is 2. The smallest absolute Gasteiger partial charge is 0.414 e. The fraction of sp³-hybridized carbons (Fsp3) is 0.333. The van der Waals surface area contributed by atoms with E-state index in [1.807, 2.05) is 13.0 Å². The van der Waals surface area contributed by atoms with Crippen molar-refractivity contribution >= 4 is 45.9 Å². The SMILES string of the molecule is CC1COC(=O)N1c1cc(Cl)c2cnc(NC(=O)C3CC3C#N)cc2c1. The van der Waals surface area contributed by atoms with Gasteiger partial charge in [0.15, 0.2) is 0 Å². The van der Waals surface area contributed by atoms with Crippen LogP contribution in [0.25, 0.3) is 10.8 Å². The highest BCUT2D eigenvalue weighted by Crippen LogP contribution is 2.39. The van der Waals surface area contributed by atoms with Gasteiger partial charge in [-0.3, -0.25) is 9.69 Å². The van der Waals surface area contributed by atoms with Gasteiger partial charge in [0.1, 0.15) is 12.4 Å². The normalized spacial score (nSPS) is 24.3. The molecule has 1 saturated heterocycles. The van der Waals surface area contributed by atoms with E-state index in [1.165, 1.54) is 0 Å². The molecule has 0 spiro atoms. The summed E-state index contributed by atoms with van der Waals surface area (Å²) in [5.74, 6) is -0.300. The van der Waals surface area contributed by atoms with Gasteiger partial charge < -0.3 is 10.1 Å². The molecule has 3 unspecified atom stereocenters. The van der Waals surface area contributed by atoms with Crippen LogP contribution in [0.4, 0.5) is 16.3 Å². The van der Waals surface area contributed by atoms with Crippen LogP contribution < -0.4 is 10.2 Å². The van der Waals surface area contributed by atoms with Gasteiger partial charge in [-0.25, -0.2) is 9.78 Å². The van der Waals surface area contributed by atoms with Crippen LogP contribution in [-0.2, 0) is 9.53 Å². The minimum Gasteiger partial charge on any atom is -0.447 e. The average molecular weight is 371 g/mol. The summed E-state index contributed by atoms with van der Waals surface area (Å²) in [6, 6.07) is 7.23. The fourth-order valence-corrected chi connectivity index (χ4v) is 3.40. The maximum absolute atomic E-state index is 12.1. The van der Waals surface area contributed by atoms with Crippen molar-refractivity contribution in [1.82, 2.24) is 4.98 Å². The molecule has 2 aromatic rings. The Balaban J connectivity index is 1.65. The van der Waals surface area contributed by atoms with E-state index in [0.717, 1.165) is 10.8 Å².